The molecule has 1 fully saturated rings. The Balaban J connectivity index is 1.77. The largest absolute Gasteiger partial charge is 0.383 e. The number of nitrogens with one attached hydrogen (secondary N) is 1. The fourth-order valence-corrected chi connectivity index (χ4v) is 5.27. The van der Waals surface area contributed by atoms with Gasteiger partial charge in [-0.15, -0.1) is 0 Å². The van der Waals surface area contributed by atoms with Crippen molar-refractivity contribution >= 4 is 27.6 Å². The molecule has 1 amide bonds. The number of sulfonamides is 1. The predicted molar refractivity (Wildman–Crippen MR) is 134 cm³/mol. The van der Waals surface area contributed by atoms with Crippen molar-refractivity contribution in [1.29, 1.82) is 0 Å². The van der Waals surface area contributed by atoms with E-state index in [0.29, 0.717) is 24.0 Å². The summed E-state index contributed by atoms with van der Waals surface area (Å²) < 4.78 is 29.8. The van der Waals surface area contributed by atoms with Crippen LogP contribution in [0.25, 0.3) is 11.3 Å². The normalized spacial score (nSPS) is 17.7. The van der Waals surface area contributed by atoms with Crippen LogP contribution in [-0.2, 0) is 10.0 Å². The van der Waals surface area contributed by atoms with Crippen molar-refractivity contribution in [1.82, 2.24) is 24.5 Å². The highest BCUT2D eigenvalue weighted by Crippen LogP contribution is 2.39. The number of nitrogens with two attached hydrogens (primary N) is 1. The van der Waals surface area contributed by atoms with Gasteiger partial charge in [0.1, 0.15) is 16.5 Å². The van der Waals surface area contributed by atoms with Crippen LogP contribution in [0.2, 0.25) is 0 Å². The molecule has 0 aliphatic carbocycles. The average Bonchev–Trinajstić information content (AvgIpc) is 3.38. The molecule has 1 unspecified atom stereocenters. The average molecular weight is 498 g/mol. The highest BCUT2D eigenvalue weighted by molar-refractivity contribution is 7.90. The topological polar surface area (TPSA) is 136 Å². The molecule has 0 spiro atoms. The van der Waals surface area contributed by atoms with Gasteiger partial charge in [-0.1, -0.05) is 6.92 Å². The number of anilines is 2. The van der Waals surface area contributed by atoms with Crippen LogP contribution in [0, 0.1) is 5.92 Å². The lowest BCUT2D eigenvalue weighted by atomic mass is 9.90. The molecule has 3 aromatic heterocycles. The number of carbonyl (C=O) groups excluding carboxylic acids is 1. The van der Waals surface area contributed by atoms with Gasteiger partial charge in [0.15, 0.2) is 0 Å². The number of nitrogen functional groups attached to an aromatic ring is 1. The first-order valence-electron chi connectivity index (χ1n) is 11.5. The number of nitrogens with zero attached hydrogens (tertiary/aromatic N) is 5. The first kappa shape index (κ1) is 24.6. The third-order valence-electron chi connectivity index (χ3n) is 6.81. The number of aromatic nitrogens is 4. The molecule has 0 saturated carbocycles. The van der Waals surface area contributed by atoms with Crippen LogP contribution >= 0.6 is 0 Å². The highest BCUT2D eigenvalue weighted by Gasteiger charge is 2.41. The van der Waals surface area contributed by atoms with Crippen LogP contribution in [0.15, 0.2) is 47.8 Å². The Morgan fingerprint density at radius 3 is 2.60 bits per heavy atom. The van der Waals surface area contributed by atoms with E-state index in [-0.39, 0.29) is 27.9 Å². The fraction of sp³-hybridized carbons (Fsp3) is 0.417. The van der Waals surface area contributed by atoms with E-state index in [4.69, 9.17) is 10.7 Å². The Morgan fingerprint density at radius 2 is 2.00 bits per heavy atom. The number of hydrogen-bond acceptors (Lipinski definition) is 8. The van der Waals surface area contributed by atoms with Gasteiger partial charge in [0.25, 0.3) is 15.9 Å². The molecule has 1 aliphatic heterocycles. The quantitative estimate of drug-likeness (QED) is 0.530. The van der Waals surface area contributed by atoms with E-state index in [9.17, 15) is 13.2 Å². The lowest BCUT2D eigenvalue weighted by Crippen LogP contribution is -2.43. The van der Waals surface area contributed by atoms with Crippen LogP contribution < -0.4 is 15.4 Å². The summed E-state index contributed by atoms with van der Waals surface area (Å²) in [4.78, 5) is 23.8. The van der Waals surface area contributed by atoms with E-state index in [1.807, 2.05) is 24.7 Å². The Bertz CT molecular complexity index is 1360. The summed E-state index contributed by atoms with van der Waals surface area (Å²) in [5.41, 5.74) is 7.09. The molecule has 1 saturated heterocycles. The number of pyridine rings is 2. The predicted octanol–water partition coefficient (Wildman–Crippen LogP) is 3.25. The molecular formula is C24H31N7O3S. The molecule has 4 rings (SSSR count). The van der Waals surface area contributed by atoms with Crippen molar-refractivity contribution in [3.05, 3.63) is 48.4 Å². The summed E-state index contributed by atoms with van der Waals surface area (Å²) in [6.07, 6.45) is 5.95. The molecule has 0 aromatic carbocycles. The smallest absolute Gasteiger partial charge is 0.268 e. The van der Waals surface area contributed by atoms with E-state index in [1.54, 1.807) is 18.3 Å². The van der Waals surface area contributed by atoms with E-state index in [2.05, 4.69) is 40.5 Å². The zero-order valence-electron chi connectivity index (χ0n) is 20.6. The van der Waals surface area contributed by atoms with Gasteiger partial charge in [-0.2, -0.15) is 5.10 Å². The lowest BCUT2D eigenvalue weighted by Gasteiger charge is -2.36. The SMILES string of the molecule is CC(C)n1cc(-c2ccc(C(=O)NS(=O)(=O)c3cccnc3N)c(N3CCC(C)C3(C)C)n2)cn1. The van der Waals surface area contributed by atoms with Crippen LogP contribution in [0.1, 0.15) is 57.4 Å². The summed E-state index contributed by atoms with van der Waals surface area (Å²) in [7, 11) is -4.23. The second kappa shape index (κ2) is 8.95. The van der Waals surface area contributed by atoms with E-state index in [0.717, 1.165) is 12.0 Å². The summed E-state index contributed by atoms with van der Waals surface area (Å²) in [5.74, 6) is -0.179. The van der Waals surface area contributed by atoms with Gasteiger partial charge in [0.2, 0.25) is 0 Å². The first-order valence-corrected chi connectivity index (χ1v) is 13.0. The van der Waals surface area contributed by atoms with Crippen molar-refractivity contribution in [2.45, 2.75) is 57.5 Å². The second-order valence-electron chi connectivity index (χ2n) is 9.69. The summed E-state index contributed by atoms with van der Waals surface area (Å²) in [6.45, 7) is 11.1. The van der Waals surface area contributed by atoms with Crippen molar-refractivity contribution in [3.63, 3.8) is 0 Å². The minimum Gasteiger partial charge on any atom is -0.383 e. The van der Waals surface area contributed by atoms with Crippen LogP contribution in [-0.4, -0.2) is 46.2 Å². The maximum Gasteiger partial charge on any atom is 0.268 e. The molecule has 1 atom stereocenters. The van der Waals surface area contributed by atoms with Crippen molar-refractivity contribution in [3.8, 4) is 11.3 Å². The summed E-state index contributed by atoms with van der Waals surface area (Å²) >= 11 is 0. The molecule has 11 heteroatoms. The standard InChI is InChI=1S/C24H31N7O3S/c1-15(2)31-14-17(13-27-31)19-9-8-18(22(28-19)30-12-10-16(3)24(30,4)5)23(32)29-35(33,34)20-7-6-11-26-21(20)25/h6-9,11,13-16H,10,12H2,1-5H3,(H2,25,26)(H,29,32). The Morgan fingerprint density at radius 1 is 1.26 bits per heavy atom. The molecule has 186 valence electrons. The highest BCUT2D eigenvalue weighted by atomic mass is 32.2. The zero-order chi connectivity index (χ0) is 25.5. The molecule has 1 aliphatic rings. The molecular weight excluding hydrogens is 466 g/mol. The summed E-state index contributed by atoms with van der Waals surface area (Å²) in [5, 5.41) is 4.39. The van der Waals surface area contributed by atoms with E-state index < -0.39 is 15.9 Å². The van der Waals surface area contributed by atoms with Crippen molar-refractivity contribution in [2.24, 2.45) is 5.92 Å². The third kappa shape index (κ3) is 4.60. The van der Waals surface area contributed by atoms with Crippen LogP contribution in [0.3, 0.4) is 0 Å². The van der Waals surface area contributed by atoms with Gasteiger partial charge < -0.3 is 10.6 Å². The minimum absolute atomic E-state index is 0.165. The molecule has 0 radical (unpaired) electrons. The van der Waals surface area contributed by atoms with Crippen LogP contribution in [0.5, 0.6) is 0 Å². The maximum absolute atomic E-state index is 13.3. The minimum atomic E-state index is -4.23. The van der Waals surface area contributed by atoms with Crippen molar-refractivity contribution in [2.75, 3.05) is 17.2 Å². The van der Waals surface area contributed by atoms with Gasteiger partial charge in [0, 0.05) is 36.1 Å². The Labute approximate surface area is 205 Å². The molecule has 3 aromatic rings. The van der Waals surface area contributed by atoms with Gasteiger partial charge in [0.05, 0.1) is 17.5 Å². The maximum atomic E-state index is 13.3. The number of amides is 1. The second-order valence-corrected chi connectivity index (χ2v) is 11.3. The molecule has 10 nitrogen and oxygen atoms in total. The summed E-state index contributed by atoms with van der Waals surface area (Å²) in [6, 6.07) is 6.26. The molecule has 0 bridgehead atoms. The Kier molecular flexibility index (Phi) is 6.31. The van der Waals surface area contributed by atoms with Crippen molar-refractivity contribution < 1.29 is 13.2 Å². The fourth-order valence-electron chi connectivity index (χ4n) is 4.22. The Hall–Kier alpha value is -3.47. The molecule has 35 heavy (non-hydrogen) atoms. The lowest BCUT2D eigenvalue weighted by molar-refractivity contribution is 0.0981. The zero-order valence-corrected chi connectivity index (χ0v) is 21.4. The monoisotopic (exact) mass is 497 g/mol. The van der Waals surface area contributed by atoms with Crippen LogP contribution in [0.4, 0.5) is 11.6 Å². The van der Waals surface area contributed by atoms with E-state index >= 15 is 0 Å². The third-order valence-corrected chi connectivity index (χ3v) is 8.18. The van der Waals surface area contributed by atoms with Gasteiger partial charge >= 0.3 is 0 Å². The van der Waals surface area contributed by atoms with Gasteiger partial charge in [-0.25, -0.2) is 23.1 Å². The van der Waals surface area contributed by atoms with Gasteiger partial charge in [-0.05, 0) is 64.3 Å². The molecule has 3 N–H and O–H groups in total. The number of rotatable bonds is 6. The molecule has 4 heterocycles. The van der Waals surface area contributed by atoms with E-state index in [1.165, 1.54) is 18.3 Å². The number of hydrogen-bond donors (Lipinski definition) is 2. The van der Waals surface area contributed by atoms with Gasteiger partial charge in [-0.3, -0.25) is 9.48 Å². The number of carbonyl (C=O) groups is 1. The first-order chi connectivity index (χ1) is 16.4.